The third-order valence-corrected chi connectivity index (χ3v) is 5.05. The van der Waals surface area contributed by atoms with Crippen molar-refractivity contribution in [3.8, 4) is 11.6 Å². The molecule has 1 atom stereocenters. The normalized spacial score (nSPS) is 16.8. The van der Waals surface area contributed by atoms with Crippen LogP contribution in [0.1, 0.15) is 28.0 Å². The SMILES string of the molecule is C=Cc1ccc(OC2CN(C(=O)c3ccccc3OC(F)(F)F)CCC2(F)F)nc1C=C.O=C(O)C(F)(F)F. The number of aliphatic carboxylic acids is 1. The maximum atomic E-state index is 14.5. The van der Waals surface area contributed by atoms with Crippen LogP contribution < -0.4 is 9.47 Å². The summed E-state index contributed by atoms with van der Waals surface area (Å²) in [4.78, 5) is 26.9. The number of hydrogen-bond donors (Lipinski definition) is 1. The summed E-state index contributed by atoms with van der Waals surface area (Å²) in [5, 5.41) is 7.12. The number of carbonyl (C=O) groups excluding carboxylic acids is 1. The summed E-state index contributed by atoms with van der Waals surface area (Å²) < 4.78 is 108. The maximum Gasteiger partial charge on any atom is 0.573 e. The van der Waals surface area contributed by atoms with Gasteiger partial charge in [-0.3, -0.25) is 4.79 Å². The molecule has 0 aliphatic carbocycles. The molecule has 1 aromatic heterocycles. The highest BCUT2D eigenvalue weighted by Crippen LogP contribution is 2.34. The molecule has 1 aromatic carbocycles. The van der Waals surface area contributed by atoms with Crippen LogP contribution in [0.25, 0.3) is 12.2 Å². The third kappa shape index (κ3) is 8.68. The Hall–Kier alpha value is -4.17. The molecule has 0 spiro atoms. The minimum absolute atomic E-state index is 0.106. The Balaban J connectivity index is 0.000000673. The molecule has 1 aliphatic rings. The van der Waals surface area contributed by atoms with Crippen LogP contribution in [0.5, 0.6) is 11.6 Å². The Bertz CT molecular complexity index is 1210. The predicted octanol–water partition coefficient (Wildman–Crippen LogP) is 5.83. The summed E-state index contributed by atoms with van der Waals surface area (Å²) in [6.07, 6.45) is -9.65. The number of ether oxygens (including phenoxy) is 2. The van der Waals surface area contributed by atoms with E-state index in [2.05, 4.69) is 22.9 Å². The van der Waals surface area contributed by atoms with Crippen molar-refractivity contribution in [3.63, 3.8) is 0 Å². The fourth-order valence-corrected chi connectivity index (χ4v) is 3.22. The first kappa shape index (κ1) is 31.1. The van der Waals surface area contributed by atoms with Gasteiger partial charge < -0.3 is 19.5 Å². The zero-order chi connectivity index (χ0) is 29.6. The van der Waals surface area contributed by atoms with E-state index < -0.39 is 60.7 Å². The van der Waals surface area contributed by atoms with E-state index in [4.69, 9.17) is 14.6 Å². The van der Waals surface area contributed by atoms with Gasteiger partial charge >= 0.3 is 18.5 Å². The predicted molar refractivity (Wildman–Crippen MR) is 121 cm³/mol. The van der Waals surface area contributed by atoms with Crippen molar-refractivity contribution in [2.45, 2.75) is 31.0 Å². The number of aromatic nitrogens is 1. The largest absolute Gasteiger partial charge is 0.573 e. The quantitative estimate of drug-likeness (QED) is 0.442. The molecular weight excluding hydrogens is 548 g/mol. The molecule has 7 nitrogen and oxygen atoms in total. The number of piperidine rings is 1. The van der Waals surface area contributed by atoms with Gasteiger partial charge in [0.2, 0.25) is 5.88 Å². The van der Waals surface area contributed by atoms with Gasteiger partial charge in [0.25, 0.3) is 11.8 Å². The van der Waals surface area contributed by atoms with Crippen LogP contribution in [0.15, 0.2) is 49.6 Å². The smallest absolute Gasteiger partial charge is 0.475 e. The van der Waals surface area contributed by atoms with Gasteiger partial charge in [-0.1, -0.05) is 31.4 Å². The molecule has 0 bridgehead atoms. The van der Waals surface area contributed by atoms with E-state index in [0.29, 0.717) is 11.3 Å². The van der Waals surface area contributed by atoms with Crippen molar-refractivity contribution in [2.75, 3.05) is 13.1 Å². The molecule has 0 saturated carbocycles. The van der Waals surface area contributed by atoms with Crippen molar-refractivity contribution in [2.24, 2.45) is 0 Å². The molecule has 1 aliphatic heterocycles. The van der Waals surface area contributed by atoms with Crippen LogP contribution in [0, 0.1) is 0 Å². The van der Waals surface area contributed by atoms with E-state index in [1.807, 2.05) is 0 Å². The number of carboxylic acids is 1. The van der Waals surface area contributed by atoms with Crippen molar-refractivity contribution in [1.29, 1.82) is 0 Å². The maximum absolute atomic E-state index is 14.5. The molecule has 2 heterocycles. The number of rotatable bonds is 6. The number of nitrogens with zero attached hydrogens (tertiary/aromatic N) is 2. The second-order valence-corrected chi connectivity index (χ2v) is 7.75. The fraction of sp³-hybridized carbons (Fsp3) is 0.292. The van der Waals surface area contributed by atoms with Gasteiger partial charge in [-0.2, -0.15) is 13.2 Å². The summed E-state index contributed by atoms with van der Waals surface area (Å²) >= 11 is 0. The van der Waals surface area contributed by atoms with E-state index >= 15 is 0 Å². The number of para-hydroxylation sites is 1. The summed E-state index contributed by atoms with van der Waals surface area (Å²) in [5.74, 6) is -7.74. The van der Waals surface area contributed by atoms with E-state index in [0.717, 1.165) is 17.0 Å². The van der Waals surface area contributed by atoms with Crippen LogP contribution in [0.4, 0.5) is 35.1 Å². The number of likely N-dealkylation sites (tertiary alicyclic amines) is 1. The lowest BCUT2D eigenvalue weighted by Gasteiger charge is -2.38. The van der Waals surface area contributed by atoms with Gasteiger partial charge in [0.05, 0.1) is 17.8 Å². The number of carbonyl (C=O) groups is 2. The molecule has 39 heavy (non-hydrogen) atoms. The monoisotopic (exact) mass is 568 g/mol. The molecule has 15 heteroatoms. The van der Waals surface area contributed by atoms with Crippen molar-refractivity contribution < 1.29 is 59.3 Å². The first-order valence-corrected chi connectivity index (χ1v) is 10.7. The Kier molecular flexibility index (Phi) is 9.66. The van der Waals surface area contributed by atoms with E-state index in [1.165, 1.54) is 30.4 Å². The second-order valence-electron chi connectivity index (χ2n) is 7.75. The molecule has 3 rings (SSSR count). The first-order valence-electron chi connectivity index (χ1n) is 10.7. The highest BCUT2D eigenvalue weighted by atomic mass is 19.4. The summed E-state index contributed by atoms with van der Waals surface area (Å²) in [5.41, 5.74) is 0.611. The Morgan fingerprint density at radius 3 is 2.21 bits per heavy atom. The van der Waals surface area contributed by atoms with Crippen molar-refractivity contribution in [1.82, 2.24) is 9.88 Å². The van der Waals surface area contributed by atoms with Gasteiger partial charge in [-0.15, -0.1) is 13.2 Å². The molecule has 0 radical (unpaired) electrons. The van der Waals surface area contributed by atoms with Crippen LogP contribution in [0.2, 0.25) is 0 Å². The van der Waals surface area contributed by atoms with Crippen LogP contribution in [-0.4, -0.2) is 64.5 Å². The third-order valence-electron chi connectivity index (χ3n) is 5.05. The lowest BCUT2D eigenvalue weighted by molar-refractivity contribution is -0.274. The number of amides is 1. The number of halogens is 8. The molecule has 1 N–H and O–H groups in total. The van der Waals surface area contributed by atoms with Gasteiger partial charge in [0.1, 0.15) is 5.75 Å². The molecule has 212 valence electrons. The van der Waals surface area contributed by atoms with Crippen molar-refractivity contribution in [3.05, 3.63) is 66.4 Å². The first-order chi connectivity index (χ1) is 18.0. The number of alkyl halides is 8. The summed E-state index contributed by atoms with van der Waals surface area (Å²) in [6.45, 7) is 6.30. The summed E-state index contributed by atoms with van der Waals surface area (Å²) in [7, 11) is 0. The Morgan fingerprint density at radius 1 is 1.05 bits per heavy atom. The van der Waals surface area contributed by atoms with Crippen LogP contribution in [0.3, 0.4) is 0 Å². The van der Waals surface area contributed by atoms with Gasteiger partial charge in [0.15, 0.2) is 6.10 Å². The van der Waals surface area contributed by atoms with E-state index in [-0.39, 0.29) is 12.4 Å². The molecule has 2 aromatic rings. The number of benzene rings is 1. The zero-order valence-electron chi connectivity index (χ0n) is 19.7. The van der Waals surface area contributed by atoms with Gasteiger partial charge in [-0.05, 0) is 29.8 Å². The zero-order valence-corrected chi connectivity index (χ0v) is 19.7. The minimum atomic E-state index is -5.08. The highest BCUT2D eigenvalue weighted by Gasteiger charge is 2.48. The van der Waals surface area contributed by atoms with Crippen LogP contribution in [-0.2, 0) is 4.79 Å². The highest BCUT2D eigenvalue weighted by molar-refractivity contribution is 5.97. The van der Waals surface area contributed by atoms with Gasteiger partial charge in [0, 0.05) is 19.0 Å². The van der Waals surface area contributed by atoms with Crippen LogP contribution >= 0.6 is 0 Å². The second kappa shape index (κ2) is 12.1. The molecule has 1 fully saturated rings. The minimum Gasteiger partial charge on any atom is -0.475 e. The fourth-order valence-electron chi connectivity index (χ4n) is 3.22. The number of pyridine rings is 1. The average Bonchev–Trinajstić information content (AvgIpc) is 2.84. The Labute approximate surface area is 216 Å². The van der Waals surface area contributed by atoms with E-state index in [1.54, 1.807) is 6.07 Å². The standard InChI is InChI=1S/C22H19F5N2O3.C2HF3O2/c1-3-14-9-10-19(28-16(14)4-2)31-18-13-29(12-11-21(18,23)24)20(30)15-7-5-6-8-17(15)32-22(25,26)27;3-2(4,5)1(6)7/h3-10,18H,1-2,11-13H2;(H,6,7). The topological polar surface area (TPSA) is 89.0 Å². The number of hydrogen-bond acceptors (Lipinski definition) is 5. The molecular formula is C24H20F8N2O5. The van der Waals surface area contributed by atoms with Crippen molar-refractivity contribution >= 4 is 24.0 Å². The Morgan fingerprint density at radius 2 is 1.67 bits per heavy atom. The number of carboxylic acid groups (broad SMARTS) is 1. The lowest BCUT2D eigenvalue weighted by Crippen LogP contribution is -2.55. The molecule has 1 unspecified atom stereocenters. The molecule has 1 amide bonds. The summed E-state index contributed by atoms with van der Waals surface area (Å²) in [6, 6.07) is 7.69. The average molecular weight is 568 g/mol. The van der Waals surface area contributed by atoms with E-state index in [9.17, 15) is 39.9 Å². The lowest BCUT2D eigenvalue weighted by atomic mass is 10.0. The molecule has 1 saturated heterocycles. The van der Waals surface area contributed by atoms with Gasteiger partial charge in [-0.25, -0.2) is 18.6 Å².